The fourth-order valence-electron chi connectivity index (χ4n) is 2.41. The Labute approximate surface area is 118 Å². The highest BCUT2D eigenvalue weighted by molar-refractivity contribution is 5.17. The molecule has 0 bridgehead atoms. The first kappa shape index (κ1) is 16.2. The predicted octanol–water partition coefficient (Wildman–Crippen LogP) is 3.72. The van der Waals surface area contributed by atoms with E-state index >= 15 is 0 Å². The zero-order valence-electron chi connectivity index (χ0n) is 13.0. The highest BCUT2D eigenvalue weighted by atomic mass is 16.3. The Morgan fingerprint density at radius 3 is 2.00 bits per heavy atom. The van der Waals surface area contributed by atoms with Gasteiger partial charge in [-0.3, -0.25) is 0 Å². The van der Waals surface area contributed by atoms with E-state index in [2.05, 4.69) is 39.5 Å². The van der Waals surface area contributed by atoms with Gasteiger partial charge in [0.15, 0.2) is 0 Å². The zero-order valence-corrected chi connectivity index (χ0v) is 13.0. The van der Waals surface area contributed by atoms with Gasteiger partial charge in [0.05, 0.1) is 6.10 Å². The maximum atomic E-state index is 10.4. The third kappa shape index (κ3) is 5.33. The van der Waals surface area contributed by atoms with Crippen LogP contribution in [0.2, 0.25) is 0 Å². The van der Waals surface area contributed by atoms with Crippen molar-refractivity contribution >= 4 is 0 Å². The van der Waals surface area contributed by atoms with Crippen LogP contribution in [0.1, 0.15) is 46.3 Å². The fourth-order valence-corrected chi connectivity index (χ4v) is 2.41. The normalized spacial score (nSPS) is 15.2. The molecule has 0 aliphatic heterocycles. The lowest BCUT2D eigenvalue weighted by atomic mass is 9.96. The van der Waals surface area contributed by atoms with Gasteiger partial charge >= 0.3 is 0 Å². The largest absolute Gasteiger partial charge is 0.388 e. The second kappa shape index (κ2) is 7.66. The van der Waals surface area contributed by atoms with Crippen LogP contribution in [0, 0.1) is 11.8 Å². The molecular formula is C17H29NO. The van der Waals surface area contributed by atoms with Gasteiger partial charge in [0.25, 0.3) is 0 Å². The van der Waals surface area contributed by atoms with E-state index in [4.69, 9.17) is 0 Å². The molecule has 108 valence electrons. The summed E-state index contributed by atoms with van der Waals surface area (Å²) in [7, 11) is 0. The molecule has 0 saturated heterocycles. The summed E-state index contributed by atoms with van der Waals surface area (Å²) in [6.07, 6.45) is -0.380. The molecule has 2 unspecified atom stereocenters. The van der Waals surface area contributed by atoms with Gasteiger partial charge in [-0.25, -0.2) is 0 Å². The summed E-state index contributed by atoms with van der Waals surface area (Å²) in [5.74, 6) is 0.895. The monoisotopic (exact) mass is 263 g/mol. The summed E-state index contributed by atoms with van der Waals surface area (Å²) >= 11 is 0. The Balaban J connectivity index is 2.63. The van der Waals surface area contributed by atoms with Crippen molar-refractivity contribution in [3.05, 3.63) is 35.9 Å². The van der Waals surface area contributed by atoms with Crippen molar-refractivity contribution in [3.63, 3.8) is 0 Å². The van der Waals surface area contributed by atoms with E-state index in [0.717, 1.165) is 18.7 Å². The van der Waals surface area contributed by atoms with Crippen molar-refractivity contribution in [2.24, 2.45) is 11.8 Å². The molecule has 0 aliphatic carbocycles. The number of hydrogen-bond acceptors (Lipinski definition) is 2. The molecule has 1 N–H and O–H groups in total. The highest BCUT2D eigenvalue weighted by Crippen LogP contribution is 2.23. The molecule has 2 heteroatoms. The lowest BCUT2D eigenvalue weighted by molar-refractivity contribution is 0.0737. The number of aliphatic hydroxyl groups is 1. The highest BCUT2D eigenvalue weighted by Gasteiger charge is 2.21. The first-order chi connectivity index (χ1) is 8.91. The Morgan fingerprint density at radius 1 is 0.947 bits per heavy atom. The molecule has 0 amide bonds. The molecule has 0 radical (unpaired) electrons. The molecule has 2 atom stereocenters. The Kier molecular flexibility index (Phi) is 6.53. The van der Waals surface area contributed by atoms with Crippen LogP contribution in [0.5, 0.6) is 0 Å². The van der Waals surface area contributed by atoms with Crippen LogP contribution in [0.3, 0.4) is 0 Å². The standard InChI is InChI=1S/C17H29NO/c1-13(2)11-18(14(3)4)12-15(5)17(19)16-9-7-6-8-10-16/h6-10,13-15,17,19H,11-12H2,1-5H3. The van der Waals surface area contributed by atoms with Gasteiger partial charge in [-0.15, -0.1) is 0 Å². The number of benzene rings is 1. The molecule has 0 spiro atoms. The van der Waals surface area contributed by atoms with Crippen LogP contribution in [0.15, 0.2) is 30.3 Å². The van der Waals surface area contributed by atoms with Crippen LogP contribution < -0.4 is 0 Å². The second-order valence-electron chi connectivity index (χ2n) is 6.27. The minimum Gasteiger partial charge on any atom is -0.388 e. The molecule has 0 aliphatic rings. The second-order valence-corrected chi connectivity index (χ2v) is 6.27. The van der Waals surface area contributed by atoms with Crippen LogP contribution in [-0.2, 0) is 0 Å². The van der Waals surface area contributed by atoms with E-state index in [1.54, 1.807) is 0 Å². The summed E-state index contributed by atoms with van der Waals surface area (Å²) in [5, 5.41) is 10.4. The molecule has 2 nitrogen and oxygen atoms in total. The summed E-state index contributed by atoms with van der Waals surface area (Å²) in [4.78, 5) is 2.46. The predicted molar refractivity (Wildman–Crippen MR) is 82.1 cm³/mol. The fraction of sp³-hybridized carbons (Fsp3) is 0.647. The van der Waals surface area contributed by atoms with Crippen LogP contribution in [0.4, 0.5) is 0 Å². The Hall–Kier alpha value is -0.860. The molecule has 19 heavy (non-hydrogen) atoms. The van der Waals surface area contributed by atoms with E-state index < -0.39 is 0 Å². The quantitative estimate of drug-likeness (QED) is 0.810. The number of aliphatic hydroxyl groups excluding tert-OH is 1. The average molecular weight is 263 g/mol. The third-order valence-electron chi connectivity index (χ3n) is 3.53. The van der Waals surface area contributed by atoms with Gasteiger partial charge in [0.1, 0.15) is 0 Å². The number of rotatable bonds is 7. The molecular weight excluding hydrogens is 234 g/mol. The molecule has 0 aromatic heterocycles. The SMILES string of the molecule is CC(C)CN(CC(C)C(O)c1ccccc1)C(C)C. The average Bonchev–Trinajstić information content (AvgIpc) is 2.37. The minimum absolute atomic E-state index is 0.239. The molecule has 0 fully saturated rings. The van der Waals surface area contributed by atoms with Gasteiger partial charge in [-0.1, -0.05) is 51.1 Å². The molecule has 0 heterocycles. The third-order valence-corrected chi connectivity index (χ3v) is 3.53. The Bertz CT molecular complexity index is 348. The molecule has 1 aromatic carbocycles. The summed E-state index contributed by atoms with van der Waals surface area (Å²) < 4.78 is 0. The van der Waals surface area contributed by atoms with Crippen molar-refractivity contribution in [2.75, 3.05) is 13.1 Å². The molecule has 0 saturated carbocycles. The summed E-state index contributed by atoms with van der Waals surface area (Å²) in [5.41, 5.74) is 1.02. The van der Waals surface area contributed by atoms with Crippen molar-refractivity contribution in [2.45, 2.75) is 46.8 Å². The van der Waals surface area contributed by atoms with E-state index in [9.17, 15) is 5.11 Å². The van der Waals surface area contributed by atoms with Gasteiger partial charge in [0, 0.05) is 19.1 Å². The maximum Gasteiger partial charge on any atom is 0.0827 e. The van der Waals surface area contributed by atoms with Crippen LogP contribution in [-0.4, -0.2) is 29.1 Å². The van der Waals surface area contributed by atoms with E-state index in [0.29, 0.717) is 12.0 Å². The maximum absolute atomic E-state index is 10.4. The van der Waals surface area contributed by atoms with Gasteiger partial charge in [0.2, 0.25) is 0 Å². The van der Waals surface area contributed by atoms with Crippen LogP contribution >= 0.6 is 0 Å². The first-order valence-corrected chi connectivity index (χ1v) is 7.38. The van der Waals surface area contributed by atoms with Gasteiger partial charge in [-0.05, 0) is 31.2 Å². The van der Waals surface area contributed by atoms with Gasteiger partial charge in [-0.2, -0.15) is 0 Å². The molecule has 1 rings (SSSR count). The summed E-state index contributed by atoms with van der Waals surface area (Å²) in [6.45, 7) is 13.1. The Morgan fingerprint density at radius 2 is 1.53 bits per heavy atom. The van der Waals surface area contributed by atoms with Gasteiger partial charge < -0.3 is 10.0 Å². The smallest absolute Gasteiger partial charge is 0.0827 e. The topological polar surface area (TPSA) is 23.5 Å². The van der Waals surface area contributed by atoms with Crippen LogP contribution in [0.25, 0.3) is 0 Å². The van der Waals surface area contributed by atoms with Crippen molar-refractivity contribution in [1.82, 2.24) is 4.90 Å². The van der Waals surface area contributed by atoms with E-state index in [1.165, 1.54) is 0 Å². The summed E-state index contributed by atoms with van der Waals surface area (Å²) in [6, 6.07) is 10.5. The van der Waals surface area contributed by atoms with Crippen molar-refractivity contribution in [3.8, 4) is 0 Å². The minimum atomic E-state index is -0.380. The number of nitrogens with zero attached hydrogens (tertiary/aromatic N) is 1. The van der Waals surface area contributed by atoms with Crippen molar-refractivity contribution < 1.29 is 5.11 Å². The number of hydrogen-bond donors (Lipinski definition) is 1. The lowest BCUT2D eigenvalue weighted by Crippen LogP contribution is -2.38. The lowest BCUT2D eigenvalue weighted by Gasteiger charge is -2.32. The zero-order chi connectivity index (χ0) is 14.4. The van der Waals surface area contributed by atoms with E-state index in [1.807, 2.05) is 30.3 Å². The van der Waals surface area contributed by atoms with Crippen molar-refractivity contribution in [1.29, 1.82) is 0 Å². The van der Waals surface area contributed by atoms with E-state index in [-0.39, 0.29) is 12.0 Å². The first-order valence-electron chi connectivity index (χ1n) is 7.38. The molecule has 1 aromatic rings.